The summed E-state index contributed by atoms with van der Waals surface area (Å²) in [6, 6.07) is 2.98. The normalized spacial score (nSPS) is 14.7. The van der Waals surface area contributed by atoms with Crippen LogP contribution < -0.4 is 0 Å². The summed E-state index contributed by atoms with van der Waals surface area (Å²) < 4.78 is 31.7. The molecule has 6 heteroatoms. The molecule has 0 aromatic rings. The summed E-state index contributed by atoms with van der Waals surface area (Å²) in [7, 11) is -2.05. The molecule has 0 saturated heterocycles. The molecule has 0 aliphatic rings. The van der Waals surface area contributed by atoms with Gasteiger partial charge in [0.05, 0.1) is 0 Å². The maximum absolute atomic E-state index is 10.2. The summed E-state index contributed by atoms with van der Waals surface area (Å²) in [6.45, 7) is 10.2. The Balaban J connectivity index is 4.84. The Hall–Kier alpha value is 0.771. The van der Waals surface area contributed by atoms with Gasteiger partial charge < -0.3 is 0 Å². The summed E-state index contributed by atoms with van der Waals surface area (Å²) in [4.78, 5) is 0. The van der Waals surface area contributed by atoms with Gasteiger partial charge >= 0.3 is 125 Å². The zero-order chi connectivity index (χ0) is 14.9. The van der Waals surface area contributed by atoms with Crippen LogP contribution in [0.1, 0.15) is 60.3 Å². The second kappa shape index (κ2) is 9.66. The van der Waals surface area contributed by atoms with Crippen LogP contribution in [0.25, 0.3) is 0 Å². The summed E-state index contributed by atoms with van der Waals surface area (Å²) in [5, 5.41) is 0. The van der Waals surface area contributed by atoms with E-state index in [9.17, 15) is 7.38 Å². The molecule has 116 valence electrons. The van der Waals surface area contributed by atoms with Crippen LogP contribution in [0, 0.1) is 0 Å². The molecule has 0 amide bonds. The molecule has 0 bridgehead atoms. The van der Waals surface area contributed by atoms with Gasteiger partial charge in [-0.25, -0.2) is 0 Å². The molecular formula is C13H32O4SiTi. The molecule has 0 aliphatic carbocycles. The molecule has 1 unspecified atom stereocenters. The SMILES string of the molecule is CCC[Si](CCC)(CCC)[O][Ti]([OH])([OH])[O]C(C)CC. The summed E-state index contributed by atoms with van der Waals surface area (Å²) in [5.74, 6) is 0. The van der Waals surface area contributed by atoms with Gasteiger partial charge in [-0.3, -0.25) is 0 Å². The van der Waals surface area contributed by atoms with Crippen molar-refractivity contribution in [2.75, 3.05) is 0 Å². The van der Waals surface area contributed by atoms with Gasteiger partial charge in [0.25, 0.3) is 0 Å². The predicted octanol–water partition coefficient (Wildman–Crippen LogP) is 3.79. The van der Waals surface area contributed by atoms with Crippen LogP contribution >= 0.6 is 0 Å². The van der Waals surface area contributed by atoms with E-state index in [2.05, 4.69) is 20.8 Å². The molecule has 0 spiro atoms. The van der Waals surface area contributed by atoms with Crippen molar-refractivity contribution in [3.05, 3.63) is 0 Å². The van der Waals surface area contributed by atoms with Gasteiger partial charge in [-0.05, 0) is 0 Å². The molecule has 0 radical (unpaired) electrons. The molecule has 0 aromatic heterocycles. The van der Waals surface area contributed by atoms with Crippen LogP contribution in [0.15, 0.2) is 0 Å². The first kappa shape index (κ1) is 19.8. The third kappa shape index (κ3) is 7.95. The molecule has 2 N–H and O–H groups in total. The van der Waals surface area contributed by atoms with E-state index in [1.807, 2.05) is 13.8 Å². The first-order valence-corrected chi connectivity index (χ1v) is 12.9. The van der Waals surface area contributed by atoms with Crippen molar-refractivity contribution < 1.29 is 31.8 Å². The second-order valence-electron chi connectivity index (χ2n) is 5.42. The van der Waals surface area contributed by atoms with Gasteiger partial charge in [0.15, 0.2) is 0 Å². The van der Waals surface area contributed by atoms with Crippen molar-refractivity contribution in [2.45, 2.75) is 84.5 Å². The Kier molecular flexibility index (Phi) is 10.1. The fraction of sp³-hybridized carbons (Fsp3) is 1.00. The number of rotatable bonds is 11. The molecular weight excluding hydrogens is 296 g/mol. The molecule has 19 heavy (non-hydrogen) atoms. The standard InChI is InChI=1S/C9H21OSi.C4H9O.2H2O.Ti/c1-4-7-11(10,8-5-2)9-6-3;1-3-4(2)5;;;/h4-9H2,1-3H3;4H,3H2,1-2H3;2*1H2;/q2*-1;;;+4/p-2. The van der Waals surface area contributed by atoms with E-state index in [-0.39, 0.29) is 6.10 Å². The Bertz CT molecular complexity index is 222. The molecule has 1 atom stereocenters. The van der Waals surface area contributed by atoms with E-state index in [4.69, 9.17) is 6.33 Å². The zero-order valence-electron chi connectivity index (χ0n) is 13.2. The van der Waals surface area contributed by atoms with Crippen LogP contribution in [-0.4, -0.2) is 21.8 Å². The van der Waals surface area contributed by atoms with Crippen LogP contribution in [-0.2, 0) is 24.5 Å². The number of hydrogen-bond donors (Lipinski definition) is 2. The zero-order valence-corrected chi connectivity index (χ0v) is 15.8. The van der Waals surface area contributed by atoms with Gasteiger partial charge in [-0.2, -0.15) is 0 Å². The summed E-state index contributed by atoms with van der Waals surface area (Å²) >= 11 is -4.51. The fourth-order valence-corrected chi connectivity index (χ4v) is 12.3. The molecule has 0 aliphatic heterocycles. The van der Waals surface area contributed by atoms with Gasteiger partial charge in [0, 0.05) is 0 Å². The molecule has 0 rings (SSSR count). The molecule has 0 fully saturated rings. The fourth-order valence-electron chi connectivity index (χ4n) is 2.55. The molecule has 0 aromatic carbocycles. The molecule has 0 saturated carbocycles. The molecule has 4 nitrogen and oxygen atoms in total. The maximum atomic E-state index is 10.2. The van der Waals surface area contributed by atoms with E-state index in [1.165, 1.54) is 0 Å². The van der Waals surface area contributed by atoms with Crippen LogP contribution in [0.2, 0.25) is 18.1 Å². The van der Waals surface area contributed by atoms with Crippen molar-refractivity contribution in [1.29, 1.82) is 0 Å². The van der Waals surface area contributed by atoms with Gasteiger partial charge in [0.2, 0.25) is 0 Å². The van der Waals surface area contributed by atoms with Crippen molar-refractivity contribution in [3.8, 4) is 0 Å². The third-order valence-corrected chi connectivity index (χ3v) is 12.7. The van der Waals surface area contributed by atoms with Gasteiger partial charge in [0.1, 0.15) is 0 Å². The second-order valence-corrected chi connectivity index (χ2v) is 12.5. The first-order valence-electron chi connectivity index (χ1n) is 7.67. The number of hydrogen-bond acceptors (Lipinski definition) is 4. The minimum atomic E-state index is -4.51. The average Bonchev–Trinajstić information content (AvgIpc) is 2.28. The van der Waals surface area contributed by atoms with Crippen molar-refractivity contribution in [1.82, 2.24) is 0 Å². The summed E-state index contributed by atoms with van der Waals surface area (Å²) in [5.41, 5.74) is 0. The minimum absolute atomic E-state index is 0.147. The Morgan fingerprint density at radius 3 is 1.68 bits per heavy atom. The van der Waals surface area contributed by atoms with E-state index >= 15 is 0 Å². The van der Waals surface area contributed by atoms with Crippen LogP contribution in [0.5, 0.6) is 0 Å². The van der Waals surface area contributed by atoms with Crippen LogP contribution in [0.3, 0.4) is 0 Å². The monoisotopic (exact) mass is 328 g/mol. The van der Waals surface area contributed by atoms with E-state index in [0.717, 1.165) is 43.8 Å². The summed E-state index contributed by atoms with van der Waals surface area (Å²) in [6.07, 6.45) is 3.73. The third-order valence-electron chi connectivity index (χ3n) is 3.40. The van der Waals surface area contributed by atoms with E-state index < -0.39 is 26.5 Å². The van der Waals surface area contributed by atoms with Crippen molar-refractivity contribution >= 4 is 8.32 Å². The van der Waals surface area contributed by atoms with Gasteiger partial charge in [-0.15, -0.1) is 0 Å². The van der Waals surface area contributed by atoms with E-state index in [0.29, 0.717) is 0 Å². The quantitative estimate of drug-likeness (QED) is 0.567. The van der Waals surface area contributed by atoms with Gasteiger partial charge in [-0.1, -0.05) is 0 Å². The average molecular weight is 328 g/mol. The predicted molar refractivity (Wildman–Crippen MR) is 77.4 cm³/mol. The van der Waals surface area contributed by atoms with Crippen molar-refractivity contribution in [3.63, 3.8) is 0 Å². The Labute approximate surface area is 124 Å². The topological polar surface area (TPSA) is 58.9 Å². The molecule has 0 heterocycles. The van der Waals surface area contributed by atoms with Crippen molar-refractivity contribution in [2.24, 2.45) is 0 Å². The Morgan fingerprint density at radius 2 is 1.37 bits per heavy atom. The van der Waals surface area contributed by atoms with E-state index in [1.54, 1.807) is 0 Å². The first-order chi connectivity index (χ1) is 8.84. The van der Waals surface area contributed by atoms with Crippen LogP contribution in [0.4, 0.5) is 0 Å². The Morgan fingerprint density at radius 1 is 0.947 bits per heavy atom.